The van der Waals surface area contributed by atoms with E-state index in [1.54, 1.807) is 28.8 Å². The van der Waals surface area contributed by atoms with Crippen molar-refractivity contribution in [2.24, 2.45) is 14.1 Å². The number of aliphatic hydroxyl groups is 1. The zero-order valence-electron chi connectivity index (χ0n) is 9.51. The van der Waals surface area contributed by atoms with Crippen LogP contribution < -0.4 is 4.74 Å². The molecule has 6 nitrogen and oxygen atoms in total. The second-order valence-corrected chi connectivity index (χ2v) is 3.60. The predicted molar refractivity (Wildman–Crippen MR) is 57.1 cm³/mol. The van der Waals surface area contributed by atoms with Crippen molar-refractivity contribution in [2.75, 3.05) is 0 Å². The van der Waals surface area contributed by atoms with Crippen LogP contribution in [0, 0.1) is 6.92 Å². The first-order chi connectivity index (χ1) is 7.61. The Kier molecular flexibility index (Phi) is 2.66. The van der Waals surface area contributed by atoms with Crippen LogP contribution in [0.15, 0.2) is 12.4 Å². The first-order valence-electron chi connectivity index (χ1n) is 4.91. The van der Waals surface area contributed by atoms with Crippen molar-refractivity contribution in [1.82, 2.24) is 19.6 Å². The van der Waals surface area contributed by atoms with Crippen LogP contribution in [-0.4, -0.2) is 24.7 Å². The second kappa shape index (κ2) is 3.97. The first kappa shape index (κ1) is 10.7. The van der Waals surface area contributed by atoms with Crippen LogP contribution in [0.4, 0.5) is 0 Å². The zero-order chi connectivity index (χ0) is 11.7. The number of rotatable bonds is 3. The standard InChI is InChI=1S/C10H14N4O2/c1-7-9(6-15)10(14(3)12-7)16-8-4-11-13(2)5-8/h4-5,15H,6H2,1-3H3. The fourth-order valence-corrected chi connectivity index (χ4v) is 1.55. The third-order valence-electron chi connectivity index (χ3n) is 2.34. The minimum atomic E-state index is -0.0880. The highest BCUT2D eigenvalue weighted by Gasteiger charge is 2.14. The monoisotopic (exact) mass is 222 g/mol. The number of aliphatic hydroxyl groups excluding tert-OH is 1. The summed E-state index contributed by atoms with van der Waals surface area (Å²) in [6.45, 7) is 1.75. The van der Waals surface area contributed by atoms with Crippen molar-refractivity contribution < 1.29 is 9.84 Å². The highest BCUT2D eigenvalue weighted by atomic mass is 16.5. The van der Waals surface area contributed by atoms with Crippen molar-refractivity contribution in [2.45, 2.75) is 13.5 Å². The van der Waals surface area contributed by atoms with E-state index in [0.717, 1.165) is 5.69 Å². The number of hydrogen-bond donors (Lipinski definition) is 1. The smallest absolute Gasteiger partial charge is 0.223 e. The fraction of sp³-hybridized carbons (Fsp3) is 0.400. The van der Waals surface area contributed by atoms with Crippen LogP contribution >= 0.6 is 0 Å². The van der Waals surface area contributed by atoms with E-state index in [4.69, 9.17) is 4.74 Å². The third kappa shape index (κ3) is 1.79. The van der Waals surface area contributed by atoms with E-state index in [9.17, 15) is 5.11 Å². The van der Waals surface area contributed by atoms with E-state index < -0.39 is 0 Å². The molecular weight excluding hydrogens is 208 g/mol. The molecule has 2 aromatic rings. The topological polar surface area (TPSA) is 65.1 Å². The average Bonchev–Trinajstić information content (AvgIpc) is 2.73. The highest BCUT2D eigenvalue weighted by Crippen LogP contribution is 2.26. The lowest BCUT2D eigenvalue weighted by molar-refractivity contribution is 0.274. The van der Waals surface area contributed by atoms with Crippen molar-refractivity contribution in [3.05, 3.63) is 23.7 Å². The maximum atomic E-state index is 9.24. The van der Waals surface area contributed by atoms with E-state index in [2.05, 4.69) is 10.2 Å². The molecule has 0 fully saturated rings. The van der Waals surface area contributed by atoms with Gasteiger partial charge in [-0.1, -0.05) is 0 Å². The molecule has 0 aliphatic heterocycles. The molecule has 0 amide bonds. The van der Waals surface area contributed by atoms with Crippen LogP contribution in [-0.2, 0) is 20.7 Å². The van der Waals surface area contributed by atoms with Gasteiger partial charge in [-0.25, -0.2) is 4.68 Å². The Labute approximate surface area is 93.1 Å². The van der Waals surface area contributed by atoms with E-state index in [1.807, 2.05) is 14.0 Å². The first-order valence-corrected chi connectivity index (χ1v) is 4.91. The Morgan fingerprint density at radius 3 is 2.75 bits per heavy atom. The Bertz CT molecular complexity index is 501. The van der Waals surface area contributed by atoms with E-state index >= 15 is 0 Å². The molecule has 2 heterocycles. The number of ether oxygens (including phenoxy) is 1. The lowest BCUT2D eigenvalue weighted by atomic mass is 10.3. The summed E-state index contributed by atoms with van der Waals surface area (Å²) in [5.41, 5.74) is 1.47. The summed E-state index contributed by atoms with van der Waals surface area (Å²) in [7, 11) is 3.59. The SMILES string of the molecule is Cc1nn(C)c(Oc2cnn(C)c2)c1CO. The Morgan fingerprint density at radius 2 is 2.19 bits per heavy atom. The van der Waals surface area contributed by atoms with Crippen LogP contribution in [0.1, 0.15) is 11.3 Å². The van der Waals surface area contributed by atoms with Crippen molar-refractivity contribution in [3.63, 3.8) is 0 Å². The molecule has 2 rings (SSSR count). The second-order valence-electron chi connectivity index (χ2n) is 3.60. The Hall–Kier alpha value is -1.82. The van der Waals surface area contributed by atoms with Gasteiger partial charge >= 0.3 is 0 Å². The lowest BCUT2D eigenvalue weighted by Gasteiger charge is -2.04. The largest absolute Gasteiger partial charge is 0.436 e. The van der Waals surface area contributed by atoms with Gasteiger partial charge in [0.2, 0.25) is 5.88 Å². The molecule has 0 unspecified atom stereocenters. The molecule has 16 heavy (non-hydrogen) atoms. The average molecular weight is 222 g/mol. The van der Waals surface area contributed by atoms with Crippen LogP contribution in [0.2, 0.25) is 0 Å². The van der Waals surface area contributed by atoms with E-state index in [0.29, 0.717) is 17.2 Å². The summed E-state index contributed by atoms with van der Waals surface area (Å²) in [5.74, 6) is 1.17. The van der Waals surface area contributed by atoms with Crippen LogP contribution in [0.25, 0.3) is 0 Å². The number of aryl methyl sites for hydroxylation is 3. The van der Waals surface area contributed by atoms with Crippen molar-refractivity contribution in [3.8, 4) is 11.6 Å². The van der Waals surface area contributed by atoms with Gasteiger partial charge < -0.3 is 9.84 Å². The van der Waals surface area contributed by atoms with Gasteiger partial charge in [-0.15, -0.1) is 0 Å². The highest BCUT2D eigenvalue weighted by molar-refractivity contribution is 5.33. The quantitative estimate of drug-likeness (QED) is 0.832. The Morgan fingerprint density at radius 1 is 1.44 bits per heavy atom. The van der Waals surface area contributed by atoms with Crippen molar-refractivity contribution >= 4 is 0 Å². The molecular formula is C10H14N4O2. The van der Waals surface area contributed by atoms with Gasteiger partial charge in [-0.05, 0) is 6.92 Å². The molecule has 0 bridgehead atoms. The zero-order valence-corrected chi connectivity index (χ0v) is 9.51. The normalized spacial score (nSPS) is 10.8. The van der Waals surface area contributed by atoms with E-state index in [1.165, 1.54) is 0 Å². The minimum absolute atomic E-state index is 0.0880. The minimum Gasteiger partial charge on any atom is -0.436 e. The molecule has 0 aliphatic carbocycles. The molecule has 0 saturated carbocycles. The third-order valence-corrected chi connectivity index (χ3v) is 2.34. The van der Waals surface area contributed by atoms with Crippen LogP contribution in [0.3, 0.4) is 0 Å². The van der Waals surface area contributed by atoms with Gasteiger partial charge in [0.1, 0.15) is 0 Å². The summed E-state index contributed by atoms with van der Waals surface area (Å²) in [6.07, 6.45) is 3.37. The van der Waals surface area contributed by atoms with E-state index in [-0.39, 0.29) is 6.61 Å². The fourth-order valence-electron chi connectivity index (χ4n) is 1.55. The maximum absolute atomic E-state index is 9.24. The van der Waals surface area contributed by atoms with Gasteiger partial charge in [-0.3, -0.25) is 4.68 Å². The molecule has 6 heteroatoms. The molecule has 0 aliphatic rings. The molecule has 2 aromatic heterocycles. The molecule has 0 spiro atoms. The summed E-state index contributed by atoms with van der Waals surface area (Å²) in [6, 6.07) is 0. The molecule has 0 aromatic carbocycles. The van der Waals surface area contributed by atoms with Gasteiger partial charge in [-0.2, -0.15) is 10.2 Å². The number of nitrogens with zero attached hydrogens (tertiary/aromatic N) is 4. The van der Waals surface area contributed by atoms with Crippen molar-refractivity contribution in [1.29, 1.82) is 0 Å². The Balaban J connectivity index is 2.33. The van der Waals surface area contributed by atoms with Gasteiger partial charge in [0.25, 0.3) is 0 Å². The van der Waals surface area contributed by atoms with Crippen LogP contribution in [0.5, 0.6) is 11.6 Å². The summed E-state index contributed by atoms with van der Waals surface area (Å²) >= 11 is 0. The maximum Gasteiger partial charge on any atom is 0.223 e. The summed E-state index contributed by atoms with van der Waals surface area (Å²) in [5, 5.41) is 17.4. The van der Waals surface area contributed by atoms with Gasteiger partial charge in [0, 0.05) is 14.1 Å². The van der Waals surface area contributed by atoms with Gasteiger partial charge in [0.05, 0.1) is 30.3 Å². The predicted octanol–water partition coefficient (Wildman–Crippen LogP) is 0.747. The number of aromatic nitrogens is 4. The van der Waals surface area contributed by atoms with Gasteiger partial charge in [0.15, 0.2) is 5.75 Å². The summed E-state index contributed by atoms with van der Waals surface area (Å²) < 4.78 is 8.88. The molecule has 0 atom stereocenters. The molecule has 0 radical (unpaired) electrons. The lowest BCUT2D eigenvalue weighted by Crippen LogP contribution is -1.96. The molecule has 1 N–H and O–H groups in total. The molecule has 86 valence electrons. The summed E-state index contributed by atoms with van der Waals surface area (Å²) in [4.78, 5) is 0. The molecule has 0 saturated heterocycles. The number of hydrogen-bond acceptors (Lipinski definition) is 4.